The first-order valence-corrected chi connectivity index (χ1v) is 6.05. The number of nitrogens with zero attached hydrogens (tertiary/aromatic N) is 1. The molecule has 0 bridgehead atoms. The standard InChI is InChI=1S/C12H25N/c1-3-12-10-8-6-4-5-7-9-11-13(12)2/h12H,3-11H2,1-2H3. The largest absolute Gasteiger partial charge is 0.303 e. The van der Waals surface area contributed by atoms with E-state index >= 15 is 0 Å². The third-order valence-electron chi connectivity index (χ3n) is 3.39. The minimum atomic E-state index is 0.859. The van der Waals surface area contributed by atoms with E-state index in [9.17, 15) is 0 Å². The van der Waals surface area contributed by atoms with Gasteiger partial charge in [-0.15, -0.1) is 0 Å². The molecule has 1 heteroatoms. The second-order valence-corrected chi connectivity index (χ2v) is 4.45. The van der Waals surface area contributed by atoms with Crippen LogP contribution in [0.25, 0.3) is 0 Å². The predicted molar refractivity (Wildman–Crippen MR) is 59.0 cm³/mol. The molecule has 0 aromatic carbocycles. The van der Waals surface area contributed by atoms with Gasteiger partial charge in [-0.25, -0.2) is 0 Å². The van der Waals surface area contributed by atoms with Gasteiger partial charge in [0, 0.05) is 6.04 Å². The molecule has 13 heavy (non-hydrogen) atoms. The Labute approximate surface area is 83.5 Å². The van der Waals surface area contributed by atoms with Crippen LogP contribution in [-0.4, -0.2) is 24.5 Å². The fourth-order valence-corrected chi connectivity index (χ4v) is 2.37. The molecule has 0 N–H and O–H groups in total. The van der Waals surface area contributed by atoms with Crippen LogP contribution in [0, 0.1) is 0 Å². The van der Waals surface area contributed by atoms with Gasteiger partial charge in [0.15, 0.2) is 0 Å². The summed E-state index contributed by atoms with van der Waals surface area (Å²) in [4.78, 5) is 2.57. The summed E-state index contributed by atoms with van der Waals surface area (Å²) in [5.41, 5.74) is 0. The molecule has 78 valence electrons. The van der Waals surface area contributed by atoms with E-state index in [1.54, 1.807) is 0 Å². The molecule has 0 aromatic heterocycles. The van der Waals surface area contributed by atoms with E-state index in [1.165, 1.54) is 57.9 Å². The second-order valence-electron chi connectivity index (χ2n) is 4.45. The van der Waals surface area contributed by atoms with Gasteiger partial charge < -0.3 is 4.90 Å². The maximum absolute atomic E-state index is 2.57. The molecule has 0 saturated carbocycles. The minimum absolute atomic E-state index is 0.859. The zero-order chi connectivity index (χ0) is 9.52. The van der Waals surface area contributed by atoms with Gasteiger partial charge in [-0.2, -0.15) is 0 Å². The van der Waals surface area contributed by atoms with Crippen molar-refractivity contribution in [3.63, 3.8) is 0 Å². The molecule has 1 unspecified atom stereocenters. The Bertz CT molecular complexity index is 122. The minimum Gasteiger partial charge on any atom is -0.303 e. The Hall–Kier alpha value is -0.0400. The van der Waals surface area contributed by atoms with Gasteiger partial charge in [0.05, 0.1) is 0 Å². The Balaban J connectivity index is 2.32. The summed E-state index contributed by atoms with van der Waals surface area (Å²) in [6, 6.07) is 0.859. The van der Waals surface area contributed by atoms with Crippen LogP contribution in [0.5, 0.6) is 0 Å². The van der Waals surface area contributed by atoms with E-state index in [-0.39, 0.29) is 0 Å². The lowest BCUT2D eigenvalue weighted by molar-refractivity contribution is 0.210. The average molecular weight is 183 g/mol. The van der Waals surface area contributed by atoms with Crippen LogP contribution in [0.2, 0.25) is 0 Å². The van der Waals surface area contributed by atoms with Crippen molar-refractivity contribution in [2.24, 2.45) is 0 Å². The Morgan fingerprint density at radius 2 is 1.62 bits per heavy atom. The van der Waals surface area contributed by atoms with Crippen LogP contribution < -0.4 is 0 Å². The van der Waals surface area contributed by atoms with Crippen LogP contribution in [0.1, 0.15) is 58.3 Å². The van der Waals surface area contributed by atoms with Crippen molar-refractivity contribution in [2.45, 2.75) is 64.3 Å². The predicted octanol–water partition coefficient (Wildman–Crippen LogP) is 3.44. The molecule has 1 aliphatic rings. The molecule has 1 fully saturated rings. The Kier molecular flexibility index (Phi) is 5.45. The third kappa shape index (κ3) is 4.12. The maximum atomic E-state index is 2.57. The van der Waals surface area contributed by atoms with E-state index < -0.39 is 0 Å². The summed E-state index contributed by atoms with van der Waals surface area (Å²) in [7, 11) is 2.30. The summed E-state index contributed by atoms with van der Waals surface area (Å²) in [6.45, 7) is 3.64. The maximum Gasteiger partial charge on any atom is 0.00895 e. The van der Waals surface area contributed by atoms with Crippen molar-refractivity contribution >= 4 is 0 Å². The van der Waals surface area contributed by atoms with E-state index in [0.717, 1.165) is 6.04 Å². The summed E-state index contributed by atoms with van der Waals surface area (Å²) >= 11 is 0. The van der Waals surface area contributed by atoms with Crippen LogP contribution in [-0.2, 0) is 0 Å². The highest BCUT2D eigenvalue weighted by Gasteiger charge is 2.12. The smallest absolute Gasteiger partial charge is 0.00895 e. The van der Waals surface area contributed by atoms with E-state index in [1.807, 2.05) is 0 Å². The Morgan fingerprint density at radius 1 is 1.00 bits per heavy atom. The third-order valence-corrected chi connectivity index (χ3v) is 3.39. The molecule has 0 aliphatic carbocycles. The molecule has 1 saturated heterocycles. The van der Waals surface area contributed by atoms with Crippen molar-refractivity contribution in [2.75, 3.05) is 13.6 Å². The fraction of sp³-hybridized carbons (Fsp3) is 1.00. The van der Waals surface area contributed by atoms with Gasteiger partial charge in [-0.1, -0.05) is 39.0 Å². The topological polar surface area (TPSA) is 3.24 Å². The van der Waals surface area contributed by atoms with Gasteiger partial charge in [0.1, 0.15) is 0 Å². The highest BCUT2D eigenvalue weighted by atomic mass is 15.1. The first-order chi connectivity index (χ1) is 6.34. The monoisotopic (exact) mass is 183 g/mol. The molecule has 0 radical (unpaired) electrons. The number of hydrogen-bond donors (Lipinski definition) is 0. The molecular formula is C12H25N. The lowest BCUT2D eigenvalue weighted by atomic mass is 10.0. The van der Waals surface area contributed by atoms with Crippen molar-refractivity contribution in [1.29, 1.82) is 0 Å². The summed E-state index contributed by atoms with van der Waals surface area (Å²) in [6.07, 6.45) is 11.5. The summed E-state index contributed by atoms with van der Waals surface area (Å²) in [5, 5.41) is 0. The van der Waals surface area contributed by atoms with Crippen molar-refractivity contribution in [1.82, 2.24) is 4.90 Å². The molecular weight excluding hydrogens is 158 g/mol. The fourth-order valence-electron chi connectivity index (χ4n) is 2.37. The molecule has 1 atom stereocenters. The summed E-state index contributed by atoms with van der Waals surface area (Å²) < 4.78 is 0. The number of hydrogen-bond acceptors (Lipinski definition) is 1. The molecule has 1 heterocycles. The quantitative estimate of drug-likeness (QED) is 0.602. The molecule has 1 rings (SSSR count). The van der Waals surface area contributed by atoms with Gasteiger partial charge in [-0.05, 0) is 32.9 Å². The zero-order valence-electron chi connectivity index (χ0n) is 9.39. The van der Waals surface area contributed by atoms with Gasteiger partial charge in [0.25, 0.3) is 0 Å². The second kappa shape index (κ2) is 6.42. The highest BCUT2D eigenvalue weighted by Crippen LogP contribution is 2.16. The molecule has 1 aliphatic heterocycles. The average Bonchev–Trinajstić information content (AvgIpc) is 2.16. The summed E-state index contributed by atoms with van der Waals surface area (Å²) in [5.74, 6) is 0. The lowest BCUT2D eigenvalue weighted by Gasteiger charge is -2.28. The van der Waals surface area contributed by atoms with E-state index in [0.29, 0.717) is 0 Å². The van der Waals surface area contributed by atoms with Crippen LogP contribution in [0.4, 0.5) is 0 Å². The number of rotatable bonds is 1. The first kappa shape index (κ1) is 11.0. The molecule has 1 nitrogen and oxygen atoms in total. The van der Waals surface area contributed by atoms with Crippen LogP contribution in [0.15, 0.2) is 0 Å². The normalized spacial score (nSPS) is 28.6. The SMILES string of the molecule is CCC1CCCCCCCCN1C. The van der Waals surface area contributed by atoms with E-state index in [2.05, 4.69) is 18.9 Å². The van der Waals surface area contributed by atoms with Crippen LogP contribution >= 0.6 is 0 Å². The van der Waals surface area contributed by atoms with Gasteiger partial charge >= 0.3 is 0 Å². The Morgan fingerprint density at radius 3 is 2.31 bits per heavy atom. The van der Waals surface area contributed by atoms with E-state index in [4.69, 9.17) is 0 Å². The molecule has 0 amide bonds. The van der Waals surface area contributed by atoms with Crippen molar-refractivity contribution in [3.8, 4) is 0 Å². The van der Waals surface area contributed by atoms with Gasteiger partial charge in [0.2, 0.25) is 0 Å². The molecule has 0 aromatic rings. The van der Waals surface area contributed by atoms with Crippen LogP contribution in [0.3, 0.4) is 0 Å². The van der Waals surface area contributed by atoms with Gasteiger partial charge in [-0.3, -0.25) is 0 Å². The van der Waals surface area contributed by atoms with Crippen molar-refractivity contribution in [3.05, 3.63) is 0 Å². The lowest BCUT2D eigenvalue weighted by Crippen LogP contribution is -2.32. The van der Waals surface area contributed by atoms with Crippen molar-refractivity contribution < 1.29 is 0 Å². The highest BCUT2D eigenvalue weighted by molar-refractivity contribution is 4.68. The zero-order valence-corrected chi connectivity index (χ0v) is 9.39. The first-order valence-electron chi connectivity index (χ1n) is 6.05. The molecule has 0 spiro atoms.